The number of ketones is 1. The molecule has 2 atom stereocenters. The van der Waals surface area contributed by atoms with E-state index in [4.69, 9.17) is 0 Å². The van der Waals surface area contributed by atoms with Gasteiger partial charge in [-0.2, -0.15) is 0 Å². The molecule has 0 aromatic heterocycles. The summed E-state index contributed by atoms with van der Waals surface area (Å²) in [5.74, 6) is 0.709. The van der Waals surface area contributed by atoms with Gasteiger partial charge in [-0.05, 0) is 12.3 Å². The minimum atomic E-state index is -0.156. The predicted octanol–water partition coefficient (Wildman–Crippen LogP) is 0.554. The van der Waals surface area contributed by atoms with Crippen LogP contribution in [0, 0.1) is 11.3 Å². The van der Waals surface area contributed by atoms with Crippen molar-refractivity contribution < 1.29 is 9.59 Å². The van der Waals surface area contributed by atoms with E-state index in [-0.39, 0.29) is 11.2 Å². The van der Waals surface area contributed by atoms with Gasteiger partial charge in [0.05, 0.1) is 0 Å². The quantitative estimate of drug-likeness (QED) is 0.478. The first-order valence-corrected chi connectivity index (χ1v) is 3.25. The molecule has 0 unspecified atom stereocenters. The minimum Gasteiger partial charge on any atom is -0.303 e. The molecular weight excluding hydrogens is 116 g/mol. The van der Waals surface area contributed by atoms with Gasteiger partial charge in [-0.15, -0.1) is 0 Å². The van der Waals surface area contributed by atoms with E-state index in [1.54, 1.807) is 0 Å². The standard InChI is InChI=1S/C7H8O2/c8-4-7-2-5(7)1-6(9)3-7/h4-5H,1-3H2/t5-,7-/m0/s1. The Bertz CT molecular complexity index is 185. The van der Waals surface area contributed by atoms with Crippen molar-refractivity contribution in [1.82, 2.24) is 0 Å². The number of carbonyl (C=O) groups excluding carboxylic acids is 2. The molecule has 48 valence electrons. The lowest BCUT2D eigenvalue weighted by Crippen LogP contribution is -2.02. The SMILES string of the molecule is O=C[C@]12CC(=O)C[C@H]1C2. The van der Waals surface area contributed by atoms with Crippen molar-refractivity contribution >= 4 is 12.1 Å². The zero-order valence-corrected chi connectivity index (χ0v) is 5.09. The Labute approximate surface area is 53.2 Å². The van der Waals surface area contributed by atoms with Gasteiger partial charge in [0.2, 0.25) is 0 Å². The molecule has 2 aliphatic rings. The molecular formula is C7H8O2. The highest BCUT2D eigenvalue weighted by Gasteiger charge is 2.60. The Kier molecular flexibility index (Phi) is 0.718. The van der Waals surface area contributed by atoms with E-state index in [1.807, 2.05) is 0 Å². The first-order valence-electron chi connectivity index (χ1n) is 3.25. The van der Waals surface area contributed by atoms with E-state index in [9.17, 15) is 9.59 Å². The van der Waals surface area contributed by atoms with Crippen LogP contribution in [0.5, 0.6) is 0 Å². The van der Waals surface area contributed by atoms with Crippen molar-refractivity contribution in [1.29, 1.82) is 0 Å². The molecule has 0 amide bonds. The molecule has 2 nitrogen and oxygen atoms in total. The highest BCUT2D eigenvalue weighted by Crippen LogP contribution is 2.60. The number of hydrogen-bond acceptors (Lipinski definition) is 2. The molecule has 0 radical (unpaired) electrons. The van der Waals surface area contributed by atoms with Crippen LogP contribution in [0.3, 0.4) is 0 Å². The number of aldehydes is 1. The zero-order chi connectivity index (χ0) is 6.48. The maximum absolute atomic E-state index is 10.7. The molecule has 0 bridgehead atoms. The Morgan fingerprint density at radius 1 is 1.67 bits per heavy atom. The summed E-state index contributed by atoms with van der Waals surface area (Å²) in [6, 6.07) is 0. The van der Waals surface area contributed by atoms with Gasteiger partial charge in [-0.1, -0.05) is 0 Å². The lowest BCUT2D eigenvalue weighted by molar-refractivity contribution is -0.120. The van der Waals surface area contributed by atoms with Crippen LogP contribution in [0.15, 0.2) is 0 Å². The van der Waals surface area contributed by atoms with Crippen molar-refractivity contribution in [2.75, 3.05) is 0 Å². The lowest BCUT2D eigenvalue weighted by atomic mass is 10.1. The van der Waals surface area contributed by atoms with Crippen molar-refractivity contribution in [3.8, 4) is 0 Å². The fourth-order valence-corrected chi connectivity index (χ4v) is 1.79. The van der Waals surface area contributed by atoms with Gasteiger partial charge in [0, 0.05) is 18.3 Å². The predicted molar refractivity (Wildman–Crippen MR) is 30.8 cm³/mol. The number of carbonyl (C=O) groups is 2. The van der Waals surface area contributed by atoms with Gasteiger partial charge in [0.1, 0.15) is 12.1 Å². The van der Waals surface area contributed by atoms with Crippen LogP contribution in [0.2, 0.25) is 0 Å². The van der Waals surface area contributed by atoms with E-state index in [0.717, 1.165) is 12.7 Å². The third kappa shape index (κ3) is 0.506. The Morgan fingerprint density at radius 3 is 2.78 bits per heavy atom. The fraction of sp³-hybridized carbons (Fsp3) is 0.714. The van der Waals surface area contributed by atoms with Gasteiger partial charge in [-0.25, -0.2) is 0 Å². The molecule has 0 aromatic carbocycles. The zero-order valence-electron chi connectivity index (χ0n) is 5.09. The summed E-state index contributed by atoms with van der Waals surface area (Å²) >= 11 is 0. The van der Waals surface area contributed by atoms with Crippen molar-refractivity contribution in [3.63, 3.8) is 0 Å². The van der Waals surface area contributed by atoms with Crippen LogP contribution >= 0.6 is 0 Å². The van der Waals surface area contributed by atoms with Crippen molar-refractivity contribution in [2.45, 2.75) is 19.3 Å². The van der Waals surface area contributed by atoms with E-state index in [0.29, 0.717) is 18.8 Å². The summed E-state index contributed by atoms with van der Waals surface area (Å²) in [5, 5.41) is 0. The summed E-state index contributed by atoms with van der Waals surface area (Å²) in [6.45, 7) is 0. The van der Waals surface area contributed by atoms with Crippen LogP contribution < -0.4 is 0 Å². The lowest BCUT2D eigenvalue weighted by Gasteiger charge is -1.94. The van der Waals surface area contributed by atoms with Crippen LogP contribution in [-0.2, 0) is 9.59 Å². The van der Waals surface area contributed by atoms with Gasteiger partial charge < -0.3 is 4.79 Å². The molecule has 0 N–H and O–H groups in total. The molecule has 2 fully saturated rings. The highest BCUT2D eigenvalue weighted by molar-refractivity contribution is 5.89. The first kappa shape index (κ1) is 5.15. The van der Waals surface area contributed by atoms with Gasteiger partial charge in [0.25, 0.3) is 0 Å². The minimum absolute atomic E-state index is 0.156. The van der Waals surface area contributed by atoms with E-state index in [2.05, 4.69) is 0 Å². The van der Waals surface area contributed by atoms with E-state index < -0.39 is 0 Å². The Hall–Kier alpha value is -0.660. The molecule has 0 saturated heterocycles. The van der Waals surface area contributed by atoms with Gasteiger partial charge >= 0.3 is 0 Å². The van der Waals surface area contributed by atoms with Gasteiger partial charge in [0.15, 0.2) is 0 Å². The molecule has 0 spiro atoms. The first-order chi connectivity index (χ1) is 4.27. The summed E-state index contributed by atoms with van der Waals surface area (Å²) < 4.78 is 0. The molecule has 0 aromatic rings. The summed E-state index contributed by atoms with van der Waals surface area (Å²) in [6.07, 6.45) is 3.14. The van der Waals surface area contributed by atoms with Crippen molar-refractivity contribution in [2.24, 2.45) is 11.3 Å². The second kappa shape index (κ2) is 1.25. The highest BCUT2D eigenvalue weighted by atomic mass is 16.1. The molecule has 2 rings (SSSR count). The van der Waals surface area contributed by atoms with Crippen molar-refractivity contribution in [3.05, 3.63) is 0 Å². The average Bonchev–Trinajstić information content (AvgIpc) is 2.38. The second-order valence-corrected chi connectivity index (χ2v) is 3.17. The molecule has 0 aliphatic heterocycles. The maximum atomic E-state index is 10.7. The van der Waals surface area contributed by atoms with Gasteiger partial charge in [-0.3, -0.25) is 4.79 Å². The topological polar surface area (TPSA) is 34.1 Å². The maximum Gasteiger partial charge on any atom is 0.134 e. The monoisotopic (exact) mass is 124 g/mol. The van der Waals surface area contributed by atoms with Crippen LogP contribution in [0.25, 0.3) is 0 Å². The number of hydrogen-bond donors (Lipinski definition) is 0. The largest absolute Gasteiger partial charge is 0.303 e. The van der Waals surface area contributed by atoms with Crippen LogP contribution in [0.1, 0.15) is 19.3 Å². The normalized spacial score (nSPS) is 46.7. The summed E-state index contributed by atoms with van der Waals surface area (Å²) in [7, 11) is 0. The summed E-state index contributed by atoms with van der Waals surface area (Å²) in [5.41, 5.74) is -0.156. The molecule has 2 heteroatoms. The molecule has 9 heavy (non-hydrogen) atoms. The average molecular weight is 124 g/mol. The number of fused-ring (bicyclic) bond motifs is 1. The third-order valence-corrected chi connectivity index (χ3v) is 2.51. The van der Waals surface area contributed by atoms with Crippen LogP contribution in [-0.4, -0.2) is 12.1 Å². The van der Waals surface area contributed by atoms with E-state index in [1.165, 1.54) is 0 Å². The molecule has 2 saturated carbocycles. The molecule has 0 heterocycles. The number of Topliss-reactive ketones (excluding diaryl/α,β-unsaturated/α-hetero) is 1. The Morgan fingerprint density at radius 2 is 2.44 bits per heavy atom. The van der Waals surface area contributed by atoms with E-state index >= 15 is 0 Å². The van der Waals surface area contributed by atoms with Crippen LogP contribution in [0.4, 0.5) is 0 Å². The smallest absolute Gasteiger partial charge is 0.134 e. The second-order valence-electron chi connectivity index (χ2n) is 3.17. The molecule has 2 aliphatic carbocycles. The summed E-state index contributed by atoms with van der Waals surface area (Å²) in [4.78, 5) is 21.1. The number of rotatable bonds is 1. The fourth-order valence-electron chi connectivity index (χ4n) is 1.79. The third-order valence-electron chi connectivity index (χ3n) is 2.51. The Balaban J connectivity index is 2.22.